The molecule has 1 aliphatic rings. The SMILES string of the molecule is CCOc1nc(Nc2ccc(B3OC(C)(C)C(C)(C)O3)cc2)cc(N)c1C#N. The molecule has 2 aromatic rings. The second-order valence-corrected chi connectivity index (χ2v) is 7.66. The molecule has 7 nitrogen and oxygen atoms in total. The number of nitrogens with zero attached hydrogens (tertiary/aromatic N) is 2. The summed E-state index contributed by atoms with van der Waals surface area (Å²) in [6, 6.07) is 11.4. The van der Waals surface area contributed by atoms with Crippen LogP contribution in [0.25, 0.3) is 0 Å². The van der Waals surface area contributed by atoms with Crippen LogP contribution in [0.5, 0.6) is 5.88 Å². The van der Waals surface area contributed by atoms with Crippen LogP contribution in [0.15, 0.2) is 30.3 Å². The average molecular weight is 380 g/mol. The van der Waals surface area contributed by atoms with E-state index >= 15 is 0 Å². The smallest absolute Gasteiger partial charge is 0.477 e. The Morgan fingerprint density at radius 2 is 1.79 bits per heavy atom. The Morgan fingerprint density at radius 1 is 1.18 bits per heavy atom. The standard InChI is InChI=1S/C20H25BN4O3/c1-6-26-18-15(12-22)16(23)11-17(25-18)24-14-9-7-13(8-10-14)21-27-19(2,3)20(4,5)28-21/h7-11H,6H2,1-5H3,(H3,23,24,25). The zero-order chi connectivity index (χ0) is 20.5. The topological polar surface area (TPSA) is 102 Å². The molecule has 1 saturated heterocycles. The molecule has 0 atom stereocenters. The maximum Gasteiger partial charge on any atom is 0.494 e. The monoisotopic (exact) mass is 380 g/mol. The van der Waals surface area contributed by atoms with Crippen LogP contribution in [0.2, 0.25) is 0 Å². The fraction of sp³-hybridized carbons (Fsp3) is 0.400. The van der Waals surface area contributed by atoms with Crippen molar-refractivity contribution in [2.75, 3.05) is 17.7 Å². The van der Waals surface area contributed by atoms with Gasteiger partial charge in [-0.1, -0.05) is 12.1 Å². The Morgan fingerprint density at radius 3 is 2.32 bits per heavy atom. The van der Waals surface area contributed by atoms with Crippen LogP contribution in [0.1, 0.15) is 40.2 Å². The predicted octanol–water partition coefficient (Wildman–Crippen LogP) is 2.98. The van der Waals surface area contributed by atoms with Gasteiger partial charge in [0, 0.05) is 11.8 Å². The number of aromatic nitrogens is 1. The minimum absolute atomic E-state index is 0.223. The van der Waals surface area contributed by atoms with Crippen LogP contribution in [-0.2, 0) is 9.31 Å². The molecular formula is C20H25BN4O3. The van der Waals surface area contributed by atoms with E-state index in [0.717, 1.165) is 11.2 Å². The second-order valence-electron chi connectivity index (χ2n) is 7.66. The van der Waals surface area contributed by atoms with Crippen molar-refractivity contribution in [3.05, 3.63) is 35.9 Å². The van der Waals surface area contributed by atoms with Gasteiger partial charge in [0.25, 0.3) is 0 Å². The lowest BCUT2D eigenvalue weighted by molar-refractivity contribution is 0.00578. The highest BCUT2D eigenvalue weighted by atomic mass is 16.7. The van der Waals surface area contributed by atoms with Gasteiger partial charge in [0.15, 0.2) is 0 Å². The second kappa shape index (κ2) is 7.34. The molecule has 0 amide bonds. The third kappa shape index (κ3) is 3.77. The predicted molar refractivity (Wildman–Crippen MR) is 110 cm³/mol. The maximum absolute atomic E-state index is 9.22. The van der Waals surface area contributed by atoms with Gasteiger partial charge in [-0.25, -0.2) is 0 Å². The third-order valence-electron chi connectivity index (χ3n) is 5.12. The minimum Gasteiger partial charge on any atom is -0.477 e. The summed E-state index contributed by atoms with van der Waals surface area (Å²) in [6.45, 7) is 10.3. The van der Waals surface area contributed by atoms with Gasteiger partial charge in [0.1, 0.15) is 17.5 Å². The first-order chi connectivity index (χ1) is 13.2. The fourth-order valence-corrected chi connectivity index (χ4v) is 2.81. The van der Waals surface area contributed by atoms with Crippen LogP contribution in [0, 0.1) is 11.3 Å². The van der Waals surface area contributed by atoms with Gasteiger partial charge in [-0.05, 0) is 52.2 Å². The Kier molecular flexibility index (Phi) is 5.24. The summed E-state index contributed by atoms with van der Waals surface area (Å²) < 4.78 is 17.6. The summed E-state index contributed by atoms with van der Waals surface area (Å²) in [5, 5.41) is 12.4. The van der Waals surface area contributed by atoms with Crippen LogP contribution in [0.3, 0.4) is 0 Å². The van der Waals surface area contributed by atoms with Gasteiger partial charge in [0.05, 0.1) is 23.5 Å². The quantitative estimate of drug-likeness (QED) is 0.769. The first-order valence-corrected chi connectivity index (χ1v) is 9.23. The van der Waals surface area contributed by atoms with E-state index < -0.39 is 7.12 Å². The highest BCUT2D eigenvalue weighted by Gasteiger charge is 2.51. The Labute approximate surface area is 166 Å². The molecule has 28 heavy (non-hydrogen) atoms. The van der Waals surface area contributed by atoms with E-state index in [1.807, 2.05) is 65.0 Å². The van der Waals surface area contributed by atoms with Gasteiger partial charge < -0.3 is 25.1 Å². The molecule has 1 fully saturated rings. The molecule has 0 saturated carbocycles. The number of ether oxygens (including phenoxy) is 1. The van der Waals surface area contributed by atoms with E-state index in [1.54, 1.807) is 6.07 Å². The minimum atomic E-state index is -0.410. The van der Waals surface area contributed by atoms with Gasteiger partial charge in [-0.2, -0.15) is 10.2 Å². The summed E-state index contributed by atoms with van der Waals surface area (Å²) in [5.41, 5.74) is 7.51. The number of nitrogens with one attached hydrogen (secondary N) is 1. The van der Waals surface area contributed by atoms with Crippen molar-refractivity contribution in [2.45, 2.75) is 45.8 Å². The van der Waals surface area contributed by atoms with Gasteiger partial charge in [-0.15, -0.1) is 0 Å². The molecule has 0 aliphatic carbocycles. The van der Waals surface area contributed by atoms with Crippen molar-refractivity contribution < 1.29 is 14.0 Å². The number of nitrogens with two attached hydrogens (primary N) is 1. The normalized spacial score (nSPS) is 17.2. The third-order valence-corrected chi connectivity index (χ3v) is 5.12. The zero-order valence-corrected chi connectivity index (χ0v) is 16.9. The molecule has 1 aromatic carbocycles. The van der Waals surface area contributed by atoms with E-state index in [0.29, 0.717) is 18.1 Å². The Hall–Kier alpha value is -2.76. The van der Waals surface area contributed by atoms with E-state index in [1.165, 1.54) is 0 Å². The van der Waals surface area contributed by atoms with E-state index in [2.05, 4.69) is 10.3 Å². The molecule has 0 spiro atoms. The van der Waals surface area contributed by atoms with Crippen molar-refractivity contribution in [1.29, 1.82) is 5.26 Å². The van der Waals surface area contributed by atoms with Crippen molar-refractivity contribution in [3.8, 4) is 11.9 Å². The number of nitriles is 1. The first-order valence-electron chi connectivity index (χ1n) is 9.23. The molecule has 0 unspecified atom stereocenters. The van der Waals surface area contributed by atoms with E-state index in [-0.39, 0.29) is 22.6 Å². The van der Waals surface area contributed by atoms with E-state index in [4.69, 9.17) is 19.8 Å². The van der Waals surface area contributed by atoms with Gasteiger partial charge in [-0.3, -0.25) is 0 Å². The summed E-state index contributed by atoms with van der Waals surface area (Å²) in [7, 11) is -0.410. The van der Waals surface area contributed by atoms with Crippen LogP contribution in [0.4, 0.5) is 17.2 Å². The number of benzene rings is 1. The molecule has 3 N–H and O–H groups in total. The average Bonchev–Trinajstić information content (AvgIpc) is 2.83. The highest BCUT2D eigenvalue weighted by Crippen LogP contribution is 2.36. The van der Waals surface area contributed by atoms with Gasteiger partial charge in [0.2, 0.25) is 5.88 Å². The van der Waals surface area contributed by atoms with Crippen molar-refractivity contribution in [2.24, 2.45) is 0 Å². The lowest BCUT2D eigenvalue weighted by Gasteiger charge is -2.32. The molecule has 8 heteroatoms. The number of hydrogen-bond acceptors (Lipinski definition) is 7. The Balaban J connectivity index is 1.78. The summed E-state index contributed by atoms with van der Waals surface area (Å²) >= 11 is 0. The summed E-state index contributed by atoms with van der Waals surface area (Å²) in [4.78, 5) is 4.34. The number of pyridine rings is 1. The molecule has 3 rings (SSSR count). The number of anilines is 3. The number of hydrogen-bond donors (Lipinski definition) is 2. The molecule has 1 aliphatic heterocycles. The lowest BCUT2D eigenvalue weighted by atomic mass is 9.79. The molecule has 0 radical (unpaired) electrons. The molecule has 2 heterocycles. The molecular weight excluding hydrogens is 355 g/mol. The van der Waals surface area contributed by atoms with Crippen molar-refractivity contribution >= 4 is 29.8 Å². The number of rotatable bonds is 5. The molecule has 146 valence electrons. The van der Waals surface area contributed by atoms with Gasteiger partial charge >= 0.3 is 7.12 Å². The first kappa shape index (κ1) is 20.0. The fourth-order valence-electron chi connectivity index (χ4n) is 2.81. The molecule has 0 bridgehead atoms. The molecule has 1 aromatic heterocycles. The van der Waals surface area contributed by atoms with Crippen LogP contribution < -0.4 is 21.3 Å². The number of nitrogen functional groups attached to an aromatic ring is 1. The van der Waals surface area contributed by atoms with Crippen molar-refractivity contribution in [3.63, 3.8) is 0 Å². The highest BCUT2D eigenvalue weighted by molar-refractivity contribution is 6.62. The summed E-state index contributed by atoms with van der Waals surface area (Å²) in [5.74, 6) is 0.727. The summed E-state index contributed by atoms with van der Waals surface area (Å²) in [6.07, 6.45) is 0. The van der Waals surface area contributed by atoms with Crippen LogP contribution >= 0.6 is 0 Å². The van der Waals surface area contributed by atoms with E-state index in [9.17, 15) is 5.26 Å². The largest absolute Gasteiger partial charge is 0.494 e. The lowest BCUT2D eigenvalue weighted by Crippen LogP contribution is -2.41. The van der Waals surface area contributed by atoms with Crippen molar-refractivity contribution in [1.82, 2.24) is 4.98 Å². The van der Waals surface area contributed by atoms with Crippen LogP contribution in [-0.4, -0.2) is 29.9 Å². The Bertz CT molecular complexity index is 891. The zero-order valence-electron chi connectivity index (χ0n) is 16.9. The maximum atomic E-state index is 9.22.